The predicted octanol–water partition coefficient (Wildman–Crippen LogP) is 1.56. The zero-order valence-electron chi connectivity index (χ0n) is 12.4. The number of rotatable bonds is 7. The number of benzene rings is 1. The van der Waals surface area contributed by atoms with E-state index >= 15 is 0 Å². The highest BCUT2D eigenvalue weighted by atomic mass is 35.5. The lowest BCUT2D eigenvalue weighted by molar-refractivity contribution is -0.122. The van der Waals surface area contributed by atoms with Crippen molar-refractivity contribution in [1.82, 2.24) is 10.6 Å². The number of hydrogen-bond donors (Lipinski definition) is 3. The van der Waals surface area contributed by atoms with Gasteiger partial charge in [0.2, 0.25) is 5.91 Å². The number of halogens is 1. The van der Waals surface area contributed by atoms with Gasteiger partial charge in [0.15, 0.2) is 0 Å². The minimum Gasteiger partial charge on any atom is -0.353 e. The van der Waals surface area contributed by atoms with Gasteiger partial charge in [-0.25, -0.2) is 0 Å². The van der Waals surface area contributed by atoms with Crippen molar-refractivity contribution in [3.05, 3.63) is 34.9 Å². The molecule has 116 valence electrons. The Hall–Kier alpha value is -1.59. The predicted molar refractivity (Wildman–Crippen MR) is 84.2 cm³/mol. The molecule has 0 bridgehead atoms. The molecule has 0 aliphatic heterocycles. The quantitative estimate of drug-likeness (QED) is 0.668. The van der Waals surface area contributed by atoms with Gasteiger partial charge in [-0.15, -0.1) is 0 Å². The smallest absolute Gasteiger partial charge is 0.251 e. The first-order chi connectivity index (χ1) is 9.90. The summed E-state index contributed by atoms with van der Waals surface area (Å²) in [7, 11) is 0. The van der Waals surface area contributed by atoms with Crippen LogP contribution in [0.4, 0.5) is 0 Å². The van der Waals surface area contributed by atoms with Crippen LogP contribution in [0, 0.1) is 5.92 Å². The van der Waals surface area contributed by atoms with Gasteiger partial charge in [0, 0.05) is 23.7 Å². The van der Waals surface area contributed by atoms with Gasteiger partial charge in [-0.1, -0.05) is 25.4 Å². The van der Waals surface area contributed by atoms with Crippen LogP contribution in [0.5, 0.6) is 0 Å². The molecular weight excluding hydrogens is 290 g/mol. The van der Waals surface area contributed by atoms with Gasteiger partial charge in [0.05, 0.1) is 6.04 Å². The Morgan fingerprint density at radius 2 is 1.71 bits per heavy atom. The molecule has 21 heavy (non-hydrogen) atoms. The monoisotopic (exact) mass is 311 g/mol. The molecule has 0 saturated carbocycles. The molecule has 1 rings (SSSR count). The molecule has 5 nitrogen and oxygen atoms in total. The van der Waals surface area contributed by atoms with E-state index in [1.807, 2.05) is 13.8 Å². The summed E-state index contributed by atoms with van der Waals surface area (Å²) in [5.74, 6) is -0.0211. The van der Waals surface area contributed by atoms with E-state index in [0.29, 0.717) is 36.0 Å². The SMILES string of the molecule is CC(C)C[C@H](N)C(=O)NCCNC(=O)c1ccc(Cl)cc1. The molecule has 6 heteroatoms. The van der Waals surface area contributed by atoms with Gasteiger partial charge in [-0.05, 0) is 36.6 Å². The zero-order chi connectivity index (χ0) is 15.8. The van der Waals surface area contributed by atoms with Crippen molar-refractivity contribution in [3.8, 4) is 0 Å². The summed E-state index contributed by atoms with van der Waals surface area (Å²) < 4.78 is 0. The summed E-state index contributed by atoms with van der Waals surface area (Å²) in [4.78, 5) is 23.5. The van der Waals surface area contributed by atoms with Crippen molar-refractivity contribution in [1.29, 1.82) is 0 Å². The molecular formula is C15H22ClN3O2. The first kappa shape index (κ1) is 17.5. The van der Waals surface area contributed by atoms with Crippen molar-refractivity contribution >= 4 is 23.4 Å². The molecule has 2 amide bonds. The van der Waals surface area contributed by atoms with E-state index in [2.05, 4.69) is 10.6 Å². The summed E-state index contributed by atoms with van der Waals surface area (Å²) in [5, 5.41) is 6.00. The van der Waals surface area contributed by atoms with Gasteiger partial charge in [0.1, 0.15) is 0 Å². The first-order valence-electron chi connectivity index (χ1n) is 6.97. The number of amides is 2. The van der Waals surface area contributed by atoms with Crippen molar-refractivity contribution in [2.24, 2.45) is 11.7 Å². The maximum atomic E-state index is 11.8. The Balaban J connectivity index is 2.26. The average Bonchev–Trinajstić information content (AvgIpc) is 2.43. The summed E-state index contributed by atoms with van der Waals surface area (Å²) >= 11 is 5.75. The maximum Gasteiger partial charge on any atom is 0.251 e. The normalized spacial score (nSPS) is 12.0. The van der Waals surface area contributed by atoms with E-state index in [9.17, 15) is 9.59 Å². The number of nitrogens with one attached hydrogen (secondary N) is 2. The Labute approximate surface area is 130 Å². The lowest BCUT2D eigenvalue weighted by atomic mass is 10.0. The fraction of sp³-hybridized carbons (Fsp3) is 0.467. The molecule has 0 unspecified atom stereocenters. The van der Waals surface area contributed by atoms with Gasteiger partial charge < -0.3 is 16.4 Å². The fourth-order valence-corrected chi connectivity index (χ4v) is 1.94. The third-order valence-electron chi connectivity index (χ3n) is 2.88. The van der Waals surface area contributed by atoms with E-state index in [0.717, 1.165) is 0 Å². The highest BCUT2D eigenvalue weighted by Crippen LogP contribution is 2.09. The van der Waals surface area contributed by atoms with Crippen LogP contribution in [0.3, 0.4) is 0 Å². The summed E-state index contributed by atoms with van der Waals surface area (Å²) in [6.07, 6.45) is 0.642. The fourth-order valence-electron chi connectivity index (χ4n) is 1.81. The highest BCUT2D eigenvalue weighted by Gasteiger charge is 2.14. The van der Waals surface area contributed by atoms with Crippen LogP contribution < -0.4 is 16.4 Å². The van der Waals surface area contributed by atoms with E-state index in [-0.39, 0.29) is 11.8 Å². The minimum absolute atomic E-state index is 0.190. The zero-order valence-corrected chi connectivity index (χ0v) is 13.1. The van der Waals surface area contributed by atoms with Crippen LogP contribution in [0.1, 0.15) is 30.6 Å². The standard InChI is InChI=1S/C15H22ClN3O2/c1-10(2)9-13(17)15(21)19-8-7-18-14(20)11-3-5-12(16)6-4-11/h3-6,10,13H,7-9,17H2,1-2H3,(H,18,20)(H,19,21)/t13-/m0/s1. The molecule has 1 aromatic carbocycles. The van der Waals surface area contributed by atoms with E-state index in [1.165, 1.54) is 0 Å². The van der Waals surface area contributed by atoms with Crippen molar-refractivity contribution in [2.45, 2.75) is 26.3 Å². The Bertz CT molecular complexity index is 474. The van der Waals surface area contributed by atoms with E-state index in [1.54, 1.807) is 24.3 Å². The molecule has 4 N–H and O–H groups in total. The maximum absolute atomic E-state index is 11.8. The molecule has 0 saturated heterocycles. The lowest BCUT2D eigenvalue weighted by Crippen LogP contribution is -2.44. The van der Waals surface area contributed by atoms with E-state index in [4.69, 9.17) is 17.3 Å². The van der Waals surface area contributed by atoms with Crippen molar-refractivity contribution in [2.75, 3.05) is 13.1 Å². The van der Waals surface area contributed by atoms with Gasteiger partial charge >= 0.3 is 0 Å². The van der Waals surface area contributed by atoms with Crippen LogP contribution in [-0.4, -0.2) is 30.9 Å². The number of carbonyl (C=O) groups excluding carboxylic acids is 2. The Morgan fingerprint density at radius 3 is 2.29 bits per heavy atom. The molecule has 0 fully saturated rings. The van der Waals surface area contributed by atoms with Crippen LogP contribution in [0.15, 0.2) is 24.3 Å². The second kappa shape index (κ2) is 8.64. The number of nitrogens with two attached hydrogens (primary N) is 1. The van der Waals surface area contributed by atoms with E-state index < -0.39 is 6.04 Å². The molecule has 0 aromatic heterocycles. The Morgan fingerprint density at radius 1 is 1.14 bits per heavy atom. The van der Waals surface area contributed by atoms with Crippen LogP contribution >= 0.6 is 11.6 Å². The summed E-state index contributed by atoms with van der Waals surface area (Å²) in [6.45, 7) is 4.73. The molecule has 1 aromatic rings. The molecule has 0 radical (unpaired) electrons. The van der Waals surface area contributed by atoms with Crippen LogP contribution in [-0.2, 0) is 4.79 Å². The average molecular weight is 312 g/mol. The summed E-state index contributed by atoms with van der Waals surface area (Å²) in [6, 6.07) is 6.10. The third kappa shape index (κ3) is 6.60. The summed E-state index contributed by atoms with van der Waals surface area (Å²) in [5.41, 5.74) is 6.28. The second-order valence-corrected chi connectivity index (χ2v) is 5.73. The molecule has 1 atom stereocenters. The third-order valence-corrected chi connectivity index (χ3v) is 3.13. The molecule has 0 spiro atoms. The van der Waals surface area contributed by atoms with Crippen molar-refractivity contribution < 1.29 is 9.59 Å². The van der Waals surface area contributed by atoms with Crippen molar-refractivity contribution in [3.63, 3.8) is 0 Å². The van der Waals surface area contributed by atoms with Gasteiger partial charge in [-0.3, -0.25) is 9.59 Å². The molecule has 0 aliphatic carbocycles. The molecule has 0 aliphatic rings. The topological polar surface area (TPSA) is 84.2 Å². The Kier molecular flexibility index (Phi) is 7.19. The number of hydrogen-bond acceptors (Lipinski definition) is 3. The van der Waals surface area contributed by atoms with Crippen LogP contribution in [0.2, 0.25) is 5.02 Å². The van der Waals surface area contributed by atoms with Gasteiger partial charge in [0.25, 0.3) is 5.91 Å². The van der Waals surface area contributed by atoms with Gasteiger partial charge in [-0.2, -0.15) is 0 Å². The largest absolute Gasteiger partial charge is 0.353 e. The lowest BCUT2D eigenvalue weighted by Gasteiger charge is -2.14. The van der Waals surface area contributed by atoms with Crippen LogP contribution in [0.25, 0.3) is 0 Å². The molecule has 0 heterocycles. The second-order valence-electron chi connectivity index (χ2n) is 5.29. The number of carbonyl (C=O) groups is 2. The first-order valence-corrected chi connectivity index (χ1v) is 7.35. The minimum atomic E-state index is -0.503. The highest BCUT2D eigenvalue weighted by molar-refractivity contribution is 6.30.